The van der Waals surface area contributed by atoms with E-state index in [2.05, 4.69) is 20.6 Å². The molecule has 0 bridgehead atoms. The molecule has 1 aliphatic rings. The molecule has 1 aliphatic heterocycles. The Balaban J connectivity index is 1.96. The van der Waals surface area contributed by atoms with Crippen LogP contribution in [0.4, 0.5) is 19.0 Å². The fourth-order valence-electron chi connectivity index (χ4n) is 2.07. The van der Waals surface area contributed by atoms with E-state index in [4.69, 9.17) is 9.36 Å². The number of hydrogen-bond donors (Lipinski definition) is 1. The summed E-state index contributed by atoms with van der Waals surface area (Å²) in [6.07, 6.45) is -3.87. The second kappa shape index (κ2) is 4.90. The normalized spacial score (nSPS) is 15.1. The molecule has 0 unspecified atom stereocenters. The Bertz CT molecular complexity index is 708. The van der Waals surface area contributed by atoms with Gasteiger partial charge >= 0.3 is 6.18 Å². The van der Waals surface area contributed by atoms with E-state index in [1.54, 1.807) is 0 Å². The molecule has 0 aliphatic carbocycles. The van der Waals surface area contributed by atoms with Crippen LogP contribution in [-0.4, -0.2) is 29.0 Å². The van der Waals surface area contributed by atoms with Crippen LogP contribution in [0.3, 0.4) is 0 Å². The van der Waals surface area contributed by atoms with Crippen LogP contribution in [0.15, 0.2) is 15.7 Å². The van der Waals surface area contributed by atoms with Crippen LogP contribution in [-0.2, 0) is 11.0 Å². The number of nitrogens with zero attached hydrogens (tertiary/aromatic N) is 3. The zero-order valence-corrected chi connectivity index (χ0v) is 11.0. The molecule has 21 heavy (non-hydrogen) atoms. The topological polar surface area (TPSA) is 72.5 Å². The number of oxime groups is 1. The Morgan fingerprint density at radius 3 is 2.86 bits per heavy atom. The Morgan fingerprint density at radius 2 is 2.19 bits per heavy atom. The third kappa shape index (κ3) is 2.63. The summed E-state index contributed by atoms with van der Waals surface area (Å²) in [5.41, 5.74) is -0.0862. The van der Waals surface area contributed by atoms with Gasteiger partial charge in [0.25, 0.3) is 5.71 Å². The molecule has 0 saturated carbocycles. The summed E-state index contributed by atoms with van der Waals surface area (Å²) in [7, 11) is 0. The predicted octanol–water partition coefficient (Wildman–Crippen LogP) is 2.74. The monoisotopic (exact) mass is 300 g/mol. The van der Waals surface area contributed by atoms with Crippen LogP contribution in [0.2, 0.25) is 0 Å². The summed E-state index contributed by atoms with van der Waals surface area (Å²) in [5, 5.41) is 9.97. The maximum Gasteiger partial charge on any atom is 0.417 e. The summed E-state index contributed by atoms with van der Waals surface area (Å²) in [5.74, 6) is 0.0561. The maximum atomic E-state index is 13.1. The van der Waals surface area contributed by atoms with Crippen LogP contribution in [0.1, 0.15) is 17.7 Å². The zero-order chi connectivity index (χ0) is 15.0. The minimum Gasteiger partial charge on any atom is -0.395 e. The van der Waals surface area contributed by atoms with E-state index in [1.807, 2.05) is 0 Å². The van der Waals surface area contributed by atoms with Gasteiger partial charge in [-0.25, -0.2) is 0 Å². The summed E-state index contributed by atoms with van der Waals surface area (Å²) >= 11 is 0. The fraction of sp³-hybridized carbons (Fsp3) is 0.417. The van der Waals surface area contributed by atoms with E-state index in [9.17, 15) is 13.2 Å². The average Bonchev–Trinajstić information content (AvgIpc) is 3.05. The van der Waals surface area contributed by atoms with Crippen molar-refractivity contribution in [2.24, 2.45) is 5.16 Å². The summed E-state index contributed by atoms with van der Waals surface area (Å²) < 4.78 is 44.2. The molecule has 0 aromatic carbocycles. The van der Waals surface area contributed by atoms with Crippen molar-refractivity contribution < 1.29 is 22.5 Å². The molecule has 1 N–H and O–H groups in total. The van der Waals surface area contributed by atoms with Crippen molar-refractivity contribution in [3.8, 4) is 0 Å². The first-order valence-electron chi connectivity index (χ1n) is 6.21. The number of pyridine rings is 1. The maximum absolute atomic E-state index is 13.1. The molecule has 0 amide bonds. The Kier molecular flexibility index (Phi) is 3.19. The third-order valence-electron chi connectivity index (χ3n) is 3.07. The molecule has 0 atom stereocenters. The molecule has 3 heterocycles. The van der Waals surface area contributed by atoms with E-state index >= 15 is 0 Å². The van der Waals surface area contributed by atoms with Crippen molar-refractivity contribution >= 4 is 22.6 Å². The minimum absolute atomic E-state index is 0.0561. The number of rotatable bonds is 3. The molecule has 0 spiro atoms. The van der Waals surface area contributed by atoms with Gasteiger partial charge in [0.15, 0.2) is 0 Å². The molecule has 2 aromatic heterocycles. The highest BCUT2D eigenvalue weighted by Crippen LogP contribution is 2.37. The van der Waals surface area contributed by atoms with Gasteiger partial charge in [-0.1, -0.05) is 10.3 Å². The second-order valence-electron chi connectivity index (χ2n) is 4.60. The Morgan fingerprint density at radius 1 is 1.38 bits per heavy atom. The van der Waals surface area contributed by atoms with Gasteiger partial charge in [-0.05, 0) is 13.0 Å². The molecule has 6 nitrogen and oxygen atoms in total. The Labute approximate surface area is 116 Å². The van der Waals surface area contributed by atoms with Crippen molar-refractivity contribution in [1.82, 2.24) is 10.1 Å². The lowest BCUT2D eigenvalue weighted by molar-refractivity contribution is -0.136. The van der Waals surface area contributed by atoms with Crippen molar-refractivity contribution in [2.75, 3.05) is 18.5 Å². The number of halogens is 3. The smallest absolute Gasteiger partial charge is 0.395 e. The van der Waals surface area contributed by atoms with Gasteiger partial charge in [-0.3, -0.25) is 0 Å². The molecular weight excluding hydrogens is 289 g/mol. The van der Waals surface area contributed by atoms with Crippen molar-refractivity contribution in [1.29, 1.82) is 0 Å². The molecule has 0 fully saturated rings. The number of alkyl halides is 3. The van der Waals surface area contributed by atoms with Crippen LogP contribution >= 0.6 is 0 Å². The van der Waals surface area contributed by atoms with Gasteiger partial charge in [0, 0.05) is 6.42 Å². The summed E-state index contributed by atoms with van der Waals surface area (Å²) in [6.45, 7) is 2.20. The number of anilines is 1. The fourth-order valence-corrected chi connectivity index (χ4v) is 2.07. The van der Waals surface area contributed by atoms with E-state index in [1.165, 1.54) is 6.92 Å². The number of fused-ring (bicyclic) bond motifs is 1. The van der Waals surface area contributed by atoms with Crippen LogP contribution < -0.4 is 5.32 Å². The second-order valence-corrected chi connectivity index (χ2v) is 4.60. The van der Waals surface area contributed by atoms with Crippen LogP contribution in [0.5, 0.6) is 0 Å². The Hall–Kier alpha value is -2.32. The summed E-state index contributed by atoms with van der Waals surface area (Å²) in [4.78, 5) is 8.81. The average molecular weight is 300 g/mol. The van der Waals surface area contributed by atoms with Gasteiger partial charge in [0.1, 0.15) is 12.4 Å². The standard InChI is InChI=1S/C12H11F3N4O2/c1-6-10-8(12(13,14)15)4-9(17-11(10)21-18-6)16-5-7-2-3-20-19-7/h4H,2-3,5H2,1H3,(H,16,17). The first-order valence-corrected chi connectivity index (χ1v) is 6.21. The first kappa shape index (κ1) is 13.7. The lowest BCUT2D eigenvalue weighted by Gasteiger charge is -2.10. The van der Waals surface area contributed by atoms with E-state index in [0.717, 1.165) is 11.8 Å². The highest BCUT2D eigenvalue weighted by Gasteiger charge is 2.35. The highest BCUT2D eigenvalue weighted by atomic mass is 19.4. The SMILES string of the molecule is Cc1noc2nc(NCC3=NOCC3)cc(C(F)(F)F)c12. The molecule has 112 valence electrons. The summed E-state index contributed by atoms with van der Waals surface area (Å²) in [6, 6.07) is 0.947. The van der Waals surface area contributed by atoms with Crippen molar-refractivity contribution in [3.63, 3.8) is 0 Å². The van der Waals surface area contributed by atoms with E-state index in [0.29, 0.717) is 13.0 Å². The van der Waals surface area contributed by atoms with E-state index in [-0.39, 0.29) is 29.2 Å². The zero-order valence-electron chi connectivity index (χ0n) is 11.0. The quantitative estimate of drug-likeness (QED) is 0.943. The molecule has 3 rings (SSSR count). The van der Waals surface area contributed by atoms with Gasteiger partial charge in [0.05, 0.1) is 28.9 Å². The molecule has 0 radical (unpaired) electrons. The third-order valence-corrected chi connectivity index (χ3v) is 3.07. The number of nitrogens with one attached hydrogen (secondary N) is 1. The molecular formula is C12H11F3N4O2. The van der Waals surface area contributed by atoms with Crippen LogP contribution in [0, 0.1) is 6.92 Å². The van der Waals surface area contributed by atoms with Crippen molar-refractivity contribution in [2.45, 2.75) is 19.5 Å². The highest BCUT2D eigenvalue weighted by molar-refractivity contribution is 5.89. The van der Waals surface area contributed by atoms with Gasteiger partial charge in [-0.2, -0.15) is 18.2 Å². The van der Waals surface area contributed by atoms with Gasteiger partial charge in [0.2, 0.25) is 0 Å². The van der Waals surface area contributed by atoms with Crippen molar-refractivity contribution in [3.05, 3.63) is 17.3 Å². The lowest BCUT2D eigenvalue weighted by Crippen LogP contribution is -2.14. The number of aromatic nitrogens is 2. The molecule has 9 heteroatoms. The first-order chi connectivity index (χ1) is 9.95. The van der Waals surface area contributed by atoms with Crippen LogP contribution in [0.25, 0.3) is 11.1 Å². The van der Waals surface area contributed by atoms with Gasteiger partial charge < -0.3 is 14.7 Å². The number of hydrogen-bond acceptors (Lipinski definition) is 6. The molecule has 0 saturated heterocycles. The molecule has 2 aromatic rings. The minimum atomic E-state index is -4.51. The largest absolute Gasteiger partial charge is 0.417 e. The number of aryl methyl sites for hydroxylation is 1. The van der Waals surface area contributed by atoms with Gasteiger partial charge in [-0.15, -0.1) is 0 Å². The van der Waals surface area contributed by atoms with E-state index < -0.39 is 11.7 Å². The predicted molar refractivity (Wildman–Crippen MR) is 68.0 cm³/mol. The lowest BCUT2D eigenvalue weighted by atomic mass is 10.1.